The fourth-order valence-corrected chi connectivity index (χ4v) is 2.62. The van der Waals surface area contributed by atoms with Gasteiger partial charge in [-0.05, 0) is 30.7 Å². The van der Waals surface area contributed by atoms with E-state index < -0.39 is 17.8 Å². The van der Waals surface area contributed by atoms with Crippen molar-refractivity contribution in [3.05, 3.63) is 59.3 Å². The topological polar surface area (TPSA) is 79.8 Å². The van der Waals surface area contributed by atoms with Crippen LogP contribution in [0.5, 0.6) is 0 Å². The van der Waals surface area contributed by atoms with Crippen LogP contribution in [-0.2, 0) is 4.84 Å². The first-order chi connectivity index (χ1) is 11.6. The minimum absolute atomic E-state index is 0.177. The highest BCUT2D eigenvalue weighted by Gasteiger charge is 2.38. The molecule has 4 rings (SSSR count). The van der Waals surface area contributed by atoms with Crippen LogP contribution in [0.1, 0.15) is 37.5 Å². The molecule has 0 N–H and O–H groups in total. The molecule has 120 valence electrons. The van der Waals surface area contributed by atoms with Crippen LogP contribution in [0, 0.1) is 0 Å². The Kier molecular flexibility index (Phi) is 3.26. The van der Waals surface area contributed by atoms with E-state index in [2.05, 4.69) is 9.88 Å². The zero-order valence-corrected chi connectivity index (χ0v) is 12.6. The predicted octanol–water partition coefficient (Wildman–Crippen LogP) is 1.66. The summed E-state index contributed by atoms with van der Waals surface area (Å²) in [4.78, 5) is 47.8. The van der Waals surface area contributed by atoms with E-state index in [1.165, 1.54) is 18.3 Å². The van der Waals surface area contributed by atoms with Crippen molar-refractivity contribution >= 4 is 23.6 Å². The molecule has 0 saturated carbocycles. The summed E-state index contributed by atoms with van der Waals surface area (Å²) in [6.07, 6.45) is 2.51. The van der Waals surface area contributed by atoms with Gasteiger partial charge in [0.15, 0.2) is 0 Å². The highest BCUT2D eigenvalue weighted by molar-refractivity contribution is 6.21. The third kappa shape index (κ3) is 2.21. The van der Waals surface area contributed by atoms with Gasteiger partial charge in [0.2, 0.25) is 0 Å². The summed E-state index contributed by atoms with van der Waals surface area (Å²) in [5.41, 5.74) is 0.624. The minimum atomic E-state index is -0.799. The van der Waals surface area contributed by atoms with Gasteiger partial charge < -0.3 is 9.74 Å². The van der Waals surface area contributed by atoms with E-state index in [-0.39, 0.29) is 16.7 Å². The summed E-state index contributed by atoms with van der Waals surface area (Å²) in [5.74, 6) is -1.30. The van der Waals surface area contributed by atoms with Gasteiger partial charge in [-0.1, -0.05) is 17.2 Å². The standard InChI is InChI=1S/C17H13N3O4/c21-15-12-4-1-2-5-13(12)16(22)20(15)24-17(23)11-6-7-14(18-10-11)19-8-3-9-19/h1-2,4-7,10H,3,8-9H2. The summed E-state index contributed by atoms with van der Waals surface area (Å²) >= 11 is 0. The molecule has 0 aliphatic carbocycles. The van der Waals surface area contributed by atoms with Crippen molar-refractivity contribution in [1.29, 1.82) is 0 Å². The van der Waals surface area contributed by atoms with Crippen molar-refractivity contribution < 1.29 is 19.2 Å². The summed E-state index contributed by atoms with van der Waals surface area (Å²) in [6.45, 7) is 1.90. The van der Waals surface area contributed by atoms with Gasteiger partial charge in [0.1, 0.15) is 5.82 Å². The van der Waals surface area contributed by atoms with Crippen LogP contribution in [-0.4, -0.2) is 40.9 Å². The lowest BCUT2D eigenvalue weighted by atomic mass is 10.1. The second-order valence-electron chi connectivity index (χ2n) is 5.57. The van der Waals surface area contributed by atoms with Gasteiger partial charge in [0, 0.05) is 19.3 Å². The van der Waals surface area contributed by atoms with Gasteiger partial charge in [0.05, 0.1) is 16.7 Å². The minimum Gasteiger partial charge on any atom is -0.356 e. The number of amides is 2. The van der Waals surface area contributed by atoms with Crippen LogP contribution in [0.25, 0.3) is 0 Å². The number of hydroxylamine groups is 2. The van der Waals surface area contributed by atoms with Crippen LogP contribution in [0.15, 0.2) is 42.6 Å². The zero-order chi connectivity index (χ0) is 16.7. The average molecular weight is 323 g/mol. The molecule has 2 aliphatic heterocycles. The quantitative estimate of drug-likeness (QED) is 0.799. The summed E-state index contributed by atoms with van der Waals surface area (Å²) < 4.78 is 0. The Bertz CT molecular complexity index is 808. The van der Waals surface area contributed by atoms with Crippen molar-refractivity contribution in [2.75, 3.05) is 18.0 Å². The van der Waals surface area contributed by atoms with Crippen molar-refractivity contribution in [2.24, 2.45) is 0 Å². The van der Waals surface area contributed by atoms with Crippen LogP contribution in [0.2, 0.25) is 0 Å². The highest BCUT2D eigenvalue weighted by Crippen LogP contribution is 2.23. The summed E-state index contributed by atoms with van der Waals surface area (Å²) in [5, 5.41) is 0.496. The molecule has 2 aliphatic rings. The molecule has 7 heteroatoms. The Labute approximate surface area is 137 Å². The lowest BCUT2D eigenvalue weighted by molar-refractivity contribution is -0.0584. The number of hydrogen-bond donors (Lipinski definition) is 0. The maximum Gasteiger partial charge on any atom is 0.365 e. The first-order valence-corrected chi connectivity index (χ1v) is 7.56. The first-order valence-electron chi connectivity index (χ1n) is 7.56. The molecule has 0 radical (unpaired) electrons. The van der Waals surface area contributed by atoms with Gasteiger partial charge in [-0.3, -0.25) is 9.59 Å². The summed E-state index contributed by atoms with van der Waals surface area (Å²) in [7, 11) is 0. The number of hydrogen-bond acceptors (Lipinski definition) is 6. The normalized spacial score (nSPS) is 16.0. The van der Waals surface area contributed by atoms with Crippen molar-refractivity contribution in [1.82, 2.24) is 10.0 Å². The monoisotopic (exact) mass is 323 g/mol. The Balaban J connectivity index is 1.50. The number of benzene rings is 1. The number of anilines is 1. The number of pyridine rings is 1. The van der Waals surface area contributed by atoms with Crippen LogP contribution < -0.4 is 4.90 Å². The van der Waals surface area contributed by atoms with Crippen LogP contribution in [0.4, 0.5) is 5.82 Å². The second kappa shape index (κ2) is 5.45. The maximum absolute atomic E-state index is 12.2. The Morgan fingerprint density at radius 2 is 1.67 bits per heavy atom. The molecule has 1 fully saturated rings. The SMILES string of the molecule is O=C(ON1C(=O)c2ccccc2C1=O)c1ccc(N2CCC2)nc1. The smallest absolute Gasteiger partial charge is 0.356 e. The molecule has 7 nitrogen and oxygen atoms in total. The van der Waals surface area contributed by atoms with Gasteiger partial charge >= 0.3 is 5.97 Å². The molecule has 0 unspecified atom stereocenters. The van der Waals surface area contributed by atoms with Crippen molar-refractivity contribution in [3.8, 4) is 0 Å². The number of fused-ring (bicyclic) bond motifs is 1. The highest BCUT2D eigenvalue weighted by atomic mass is 16.7. The predicted molar refractivity (Wildman–Crippen MR) is 83.4 cm³/mol. The van der Waals surface area contributed by atoms with E-state index in [0.717, 1.165) is 25.3 Å². The number of nitrogens with zero attached hydrogens (tertiary/aromatic N) is 3. The molecule has 24 heavy (non-hydrogen) atoms. The van der Waals surface area contributed by atoms with E-state index in [1.54, 1.807) is 24.3 Å². The zero-order valence-electron chi connectivity index (χ0n) is 12.6. The van der Waals surface area contributed by atoms with Crippen molar-refractivity contribution in [2.45, 2.75) is 6.42 Å². The van der Waals surface area contributed by atoms with E-state index in [9.17, 15) is 14.4 Å². The Morgan fingerprint density at radius 3 is 2.17 bits per heavy atom. The van der Waals surface area contributed by atoms with Crippen molar-refractivity contribution in [3.63, 3.8) is 0 Å². The molecular formula is C17H13N3O4. The van der Waals surface area contributed by atoms with Gasteiger partial charge in [0.25, 0.3) is 11.8 Å². The molecule has 2 aromatic rings. The number of rotatable bonds is 3. The van der Waals surface area contributed by atoms with E-state index in [0.29, 0.717) is 5.06 Å². The molecule has 1 saturated heterocycles. The molecule has 3 heterocycles. The molecule has 1 aromatic heterocycles. The van der Waals surface area contributed by atoms with E-state index in [1.807, 2.05) is 0 Å². The molecule has 0 bridgehead atoms. The first kappa shape index (κ1) is 14.4. The van der Waals surface area contributed by atoms with Crippen LogP contribution >= 0.6 is 0 Å². The van der Waals surface area contributed by atoms with Gasteiger partial charge in [-0.2, -0.15) is 0 Å². The number of carbonyl (C=O) groups excluding carboxylic acids is 3. The number of imide groups is 1. The lowest BCUT2D eigenvalue weighted by Crippen LogP contribution is -2.37. The van der Waals surface area contributed by atoms with Crippen LogP contribution in [0.3, 0.4) is 0 Å². The fraction of sp³-hybridized carbons (Fsp3) is 0.176. The Morgan fingerprint density at radius 1 is 1.00 bits per heavy atom. The van der Waals surface area contributed by atoms with E-state index >= 15 is 0 Å². The third-order valence-electron chi connectivity index (χ3n) is 4.09. The van der Waals surface area contributed by atoms with Gasteiger partial charge in [-0.25, -0.2) is 9.78 Å². The molecular weight excluding hydrogens is 310 g/mol. The van der Waals surface area contributed by atoms with E-state index in [4.69, 9.17) is 4.84 Å². The maximum atomic E-state index is 12.2. The molecule has 0 atom stereocenters. The molecule has 2 amide bonds. The molecule has 1 aromatic carbocycles. The lowest BCUT2D eigenvalue weighted by Gasteiger charge is -2.31. The summed E-state index contributed by atoms with van der Waals surface area (Å²) in [6, 6.07) is 9.63. The largest absolute Gasteiger partial charge is 0.365 e. The second-order valence-corrected chi connectivity index (χ2v) is 5.57. The third-order valence-corrected chi connectivity index (χ3v) is 4.09. The number of carbonyl (C=O) groups is 3. The molecule has 0 spiro atoms. The average Bonchev–Trinajstić information content (AvgIpc) is 2.79. The van der Waals surface area contributed by atoms with Gasteiger partial charge in [-0.15, -0.1) is 0 Å². The fourth-order valence-electron chi connectivity index (χ4n) is 2.62. The Hall–Kier alpha value is -3.22. The number of aromatic nitrogens is 1.